The molecule has 3 aromatic heterocycles. The fraction of sp³-hybridized carbons (Fsp3) is 0.0476. The molecule has 0 unspecified atom stereocenters. The van der Waals surface area contributed by atoms with Crippen molar-refractivity contribution in [3.63, 3.8) is 0 Å². The van der Waals surface area contributed by atoms with Crippen LogP contribution in [0.3, 0.4) is 0 Å². The van der Waals surface area contributed by atoms with E-state index in [4.69, 9.17) is 19.4 Å². The number of rotatable bonds is 5. The summed E-state index contributed by atoms with van der Waals surface area (Å²) in [6.07, 6.45) is 0. The highest BCUT2D eigenvalue weighted by Crippen LogP contribution is 2.37. The molecule has 0 aliphatic carbocycles. The topological polar surface area (TPSA) is 78.7 Å². The van der Waals surface area contributed by atoms with Crippen LogP contribution in [0.2, 0.25) is 0 Å². The Balaban J connectivity index is 1.20. The van der Waals surface area contributed by atoms with Crippen LogP contribution >= 0.6 is 0 Å². The molecule has 9 aromatic rings. The summed E-state index contributed by atoms with van der Waals surface area (Å²) in [6.45, 7) is 0. The lowest BCUT2D eigenvalue weighted by Crippen LogP contribution is -2.19. The Labute approximate surface area is 281 Å². The van der Waals surface area contributed by atoms with Crippen LogP contribution in [0.4, 0.5) is 0 Å². The van der Waals surface area contributed by atoms with E-state index in [0.29, 0.717) is 17.5 Å². The van der Waals surface area contributed by atoms with Gasteiger partial charge >= 0.3 is 5.69 Å². The highest BCUT2D eigenvalue weighted by molar-refractivity contribution is 6.06. The Hall–Kier alpha value is -6.60. The number of benzene rings is 6. The molecule has 0 spiro atoms. The lowest BCUT2D eigenvalue weighted by molar-refractivity contribution is 0.669. The molecule has 0 aliphatic heterocycles. The molecule has 0 fully saturated rings. The minimum atomic E-state index is -0.0506. The van der Waals surface area contributed by atoms with Crippen LogP contribution in [-0.4, -0.2) is 24.1 Å². The molecular weight excluding hydrogens is 606 g/mol. The second-order valence-corrected chi connectivity index (χ2v) is 12.2. The Morgan fingerprint density at radius 3 is 1.92 bits per heavy atom. The van der Waals surface area contributed by atoms with Gasteiger partial charge in [0.15, 0.2) is 17.5 Å². The average Bonchev–Trinajstić information content (AvgIpc) is 3.64. The maximum Gasteiger partial charge on any atom is 0.328 e. The third kappa shape index (κ3) is 4.83. The van der Waals surface area contributed by atoms with E-state index in [2.05, 4.69) is 48.5 Å². The van der Waals surface area contributed by atoms with Gasteiger partial charge in [-0.1, -0.05) is 103 Å². The van der Waals surface area contributed by atoms with Gasteiger partial charge in [-0.3, -0.25) is 9.13 Å². The molecule has 234 valence electrons. The molecule has 49 heavy (non-hydrogen) atoms. The number of aryl methyl sites for hydroxylation is 2. The van der Waals surface area contributed by atoms with Crippen molar-refractivity contribution in [2.45, 2.75) is 0 Å². The van der Waals surface area contributed by atoms with E-state index < -0.39 is 0 Å². The summed E-state index contributed by atoms with van der Waals surface area (Å²) in [4.78, 5) is 27.7. The van der Waals surface area contributed by atoms with Crippen LogP contribution in [0.1, 0.15) is 0 Å². The summed E-state index contributed by atoms with van der Waals surface area (Å²) in [5.41, 5.74) is 10.2. The predicted octanol–water partition coefficient (Wildman–Crippen LogP) is 9.30. The molecule has 7 heteroatoms. The lowest BCUT2D eigenvalue weighted by Gasteiger charge is -2.13. The van der Waals surface area contributed by atoms with Crippen LogP contribution in [0, 0.1) is 0 Å². The first-order valence-corrected chi connectivity index (χ1v) is 16.1. The van der Waals surface area contributed by atoms with Gasteiger partial charge in [-0.25, -0.2) is 19.7 Å². The van der Waals surface area contributed by atoms with E-state index in [1.165, 1.54) is 0 Å². The van der Waals surface area contributed by atoms with Gasteiger partial charge in [-0.15, -0.1) is 0 Å². The normalized spacial score (nSPS) is 11.6. The number of furan rings is 1. The van der Waals surface area contributed by atoms with Crippen LogP contribution in [0.15, 0.2) is 149 Å². The predicted molar refractivity (Wildman–Crippen MR) is 196 cm³/mol. The summed E-state index contributed by atoms with van der Waals surface area (Å²) in [5.74, 6) is 1.76. The molecule has 3 heterocycles. The zero-order valence-electron chi connectivity index (χ0n) is 26.8. The third-order valence-corrected chi connectivity index (χ3v) is 9.25. The van der Waals surface area contributed by atoms with Crippen molar-refractivity contribution < 1.29 is 4.42 Å². The van der Waals surface area contributed by atoms with Crippen molar-refractivity contribution in [2.24, 2.45) is 14.1 Å². The van der Waals surface area contributed by atoms with Gasteiger partial charge in [0.05, 0.1) is 11.0 Å². The quantitative estimate of drug-likeness (QED) is 0.188. The maximum atomic E-state index is 12.6. The van der Waals surface area contributed by atoms with E-state index in [1.807, 2.05) is 91.0 Å². The number of imidazole rings is 1. The second-order valence-electron chi connectivity index (χ2n) is 12.2. The van der Waals surface area contributed by atoms with Crippen molar-refractivity contribution >= 4 is 33.0 Å². The first kappa shape index (κ1) is 28.6. The number of hydrogen-bond donors (Lipinski definition) is 0. The SMILES string of the molecule is Cn1c(=O)n(C)c2cc(-c3cccc(-c4nc(-c5ccccc5)nc(-c5ccccc5-c5ccc6oc7ccccc7c6c5)n4)c3)ccc21. The van der Waals surface area contributed by atoms with Gasteiger partial charge in [0.25, 0.3) is 0 Å². The molecule has 9 rings (SSSR count). The molecule has 7 nitrogen and oxygen atoms in total. The molecule has 0 radical (unpaired) electrons. The molecule has 0 N–H and O–H groups in total. The number of fused-ring (bicyclic) bond motifs is 4. The van der Waals surface area contributed by atoms with Crippen molar-refractivity contribution in [3.8, 4) is 56.4 Å². The highest BCUT2D eigenvalue weighted by Gasteiger charge is 2.17. The molecule has 0 atom stereocenters. The van der Waals surface area contributed by atoms with Gasteiger partial charge < -0.3 is 4.42 Å². The highest BCUT2D eigenvalue weighted by atomic mass is 16.3. The summed E-state index contributed by atoms with van der Waals surface area (Å²) in [5, 5.41) is 2.15. The molecular formula is C42H29N5O2. The van der Waals surface area contributed by atoms with Crippen LogP contribution < -0.4 is 5.69 Å². The van der Waals surface area contributed by atoms with Gasteiger partial charge in [0.2, 0.25) is 0 Å². The fourth-order valence-corrected chi connectivity index (χ4v) is 6.69. The standard InChI is InChI=1S/C42H29N5O2/c1-46-35-21-19-28(25-36(35)47(2)42(46)48)27-13-10-14-30(23-27)40-43-39(26-11-4-3-5-12-26)44-41(45-40)33-17-7-6-15-31(33)29-20-22-38-34(24-29)32-16-8-9-18-37(32)49-38/h3-25H,1-2H3. The average molecular weight is 636 g/mol. The maximum absolute atomic E-state index is 12.6. The summed E-state index contributed by atoms with van der Waals surface area (Å²) < 4.78 is 9.46. The minimum absolute atomic E-state index is 0.0506. The van der Waals surface area contributed by atoms with E-state index in [9.17, 15) is 4.79 Å². The van der Waals surface area contributed by atoms with Crippen molar-refractivity contribution in [2.75, 3.05) is 0 Å². The van der Waals surface area contributed by atoms with E-state index in [1.54, 1.807) is 23.2 Å². The number of aromatic nitrogens is 5. The van der Waals surface area contributed by atoms with E-state index in [0.717, 1.165) is 71.9 Å². The Kier molecular flexibility index (Phi) is 6.59. The Morgan fingerprint density at radius 1 is 0.449 bits per heavy atom. The summed E-state index contributed by atoms with van der Waals surface area (Å²) >= 11 is 0. The summed E-state index contributed by atoms with van der Waals surface area (Å²) in [6, 6.07) is 47.0. The largest absolute Gasteiger partial charge is 0.456 e. The zero-order valence-corrected chi connectivity index (χ0v) is 26.8. The molecule has 0 amide bonds. The second kappa shape index (κ2) is 11.3. The van der Waals surface area contributed by atoms with Gasteiger partial charge in [-0.05, 0) is 58.7 Å². The number of hydrogen-bond acceptors (Lipinski definition) is 5. The van der Waals surface area contributed by atoms with E-state index in [-0.39, 0.29) is 5.69 Å². The third-order valence-electron chi connectivity index (χ3n) is 9.25. The number of nitrogens with zero attached hydrogens (tertiary/aromatic N) is 5. The number of para-hydroxylation sites is 1. The van der Waals surface area contributed by atoms with Crippen molar-refractivity contribution in [3.05, 3.63) is 150 Å². The van der Waals surface area contributed by atoms with Gasteiger partial charge in [-0.2, -0.15) is 0 Å². The minimum Gasteiger partial charge on any atom is -0.456 e. The molecule has 0 aliphatic rings. The van der Waals surface area contributed by atoms with Crippen molar-refractivity contribution in [1.82, 2.24) is 24.1 Å². The summed E-state index contributed by atoms with van der Waals surface area (Å²) in [7, 11) is 3.60. The molecule has 6 aromatic carbocycles. The molecule has 0 saturated carbocycles. The lowest BCUT2D eigenvalue weighted by atomic mass is 9.97. The van der Waals surface area contributed by atoms with Gasteiger partial charge in [0.1, 0.15) is 11.2 Å². The smallest absolute Gasteiger partial charge is 0.328 e. The first-order chi connectivity index (χ1) is 24.0. The zero-order chi connectivity index (χ0) is 33.1. The monoisotopic (exact) mass is 635 g/mol. The van der Waals surface area contributed by atoms with Gasteiger partial charge in [0, 0.05) is 41.6 Å². The van der Waals surface area contributed by atoms with Crippen LogP contribution in [-0.2, 0) is 14.1 Å². The molecule has 0 bridgehead atoms. The first-order valence-electron chi connectivity index (χ1n) is 16.1. The van der Waals surface area contributed by atoms with Crippen LogP contribution in [0.25, 0.3) is 89.4 Å². The molecule has 0 saturated heterocycles. The van der Waals surface area contributed by atoms with E-state index >= 15 is 0 Å². The Bertz CT molecular complexity index is 2770. The van der Waals surface area contributed by atoms with Crippen molar-refractivity contribution in [1.29, 1.82) is 0 Å². The fourth-order valence-electron chi connectivity index (χ4n) is 6.69. The Morgan fingerprint density at radius 2 is 1.06 bits per heavy atom. The van der Waals surface area contributed by atoms with Crippen LogP contribution in [0.5, 0.6) is 0 Å².